The molecular weight excluding hydrogens is 212 g/mol. The summed E-state index contributed by atoms with van der Waals surface area (Å²) in [6.07, 6.45) is 3.56. The molecule has 0 atom stereocenters. The van der Waals surface area contributed by atoms with Crippen molar-refractivity contribution in [3.05, 3.63) is 35.4 Å². The molecule has 1 aliphatic carbocycles. The van der Waals surface area contributed by atoms with Crippen molar-refractivity contribution in [3.63, 3.8) is 0 Å². The van der Waals surface area contributed by atoms with Crippen molar-refractivity contribution in [1.82, 2.24) is 0 Å². The molecule has 0 heterocycles. The molecule has 0 N–H and O–H groups in total. The predicted octanol–water partition coefficient (Wildman–Crippen LogP) is 2.04. The summed E-state index contributed by atoms with van der Waals surface area (Å²) in [5.41, 5.74) is 2.22. The largest absolute Gasteiger partial charge is 0.265 e. The summed E-state index contributed by atoms with van der Waals surface area (Å²) in [6.45, 7) is 0.138. The SMILES string of the molecule is CS(=O)(=O)OCc1cccc(C2CC2)c1. The smallest absolute Gasteiger partial charge is 0.264 e. The molecular formula is C11H14O3S. The van der Waals surface area contributed by atoms with Gasteiger partial charge in [-0.15, -0.1) is 0 Å². The van der Waals surface area contributed by atoms with Crippen molar-refractivity contribution in [2.75, 3.05) is 6.26 Å². The molecule has 1 aromatic rings. The second-order valence-electron chi connectivity index (χ2n) is 3.99. The maximum absolute atomic E-state index is 10.8. The molecule has 0 saturated heterocycles. The van der Waals surface area contributed by atoms with Gasteiger partial charge in [0.1, 0.15) is 0 Å². The van der Waals surface area contributed by atoms with Crippen LogP contribution in [0.25, 0.3) is 0 Å². The monoisotopic (exact) mass is 226 g/mol. The molecule has 1 fully saturated rings. The molecule has 0 spiro atoms. The average molecular weight is 226 g/mol. The van der Waals surface area contributed by atoms with E-state index in [1.54, 1.807) is 0 Å². The molecule has 0 radical (unpaired) electrons. The molecule has 1 saturated carbocycles. The molecule has 4 heteroatoms. The lowest BCUT2D eigenvalue weighted by Gasteiger charge is -2.04. The van der Waals surface area contributed by atoms with E-state index in [9.17, 15) is 8.42 Å². The second-order valence-corrected chi connectivity index (χ2v) is 5.63. The molecule has 0 aliphatic heterocycles. The zero-order valence-electron chi connectivity index (χ0n) is 8.64. The third kappa shape index (κ3) is 3.32. The third-order valence-electron chi connectivity index (χ3n) is 2.44. The van der Waals surface area contributed by atoms with E-state index in [-0.39, 0.29) is 6.61 Å². The molecule has 82 valence electrons. The minimum Gasteiger partial charge on any atom is -0.265 e. The van der Waals surface area contributed by atoms with Crippen molar-refractivity contribution in [3.8, 4) is 0 Å². The Morgan fingerprint density at radius 1 is 1.40 bits per heavy atom. The minimum atomic E-state index is -3.34. The standard InChI is InChI=1S/C11H14O3S/c1-15(12,13)14-8-9-3-2-4-11(7-9)10-5-6-10/h2-4,7,10H,5-6,8H2,1H3. The third-order valence-corrected chi connectivity index (χ3v) is 2.99. The molecule has 0 bridgehead atoms. The van der Waals surface area contributed by atoms with Crippen molar-refractivity contribution < 1.29 is 12.6 Å². The average Bonchev–Trinajstić information content (AvgIpc) is 2.97. The van der Waals surface area contributed by atoms with E-state index in [4.69, 9.17) is 4.18 Å². The van der Waals surface area contributed by atoms with E-state index in [0.717, 1.165) is 11.8 Å². The first kappa shape index (κ1) is 10.6. The summed E-state index contributed by atoms with van der Waals surface area (Å²) in [4.78, 5) is 0. The van der Waals surface area contributed by atoms with Gasteiger partial charge in [0.05, 0.1) is 12.9 Å². The maximum atomic E-state index is 10.8. The zero-order chi connectivity index (χ0) is 10.9. The van der Waals surface area contributed by atoms with Crippen LogP contribution in [0, 0.1) is 0 Å². The van der Waals surface area contributed by atoms with E-state index in [1.165, 1.54) is 18.4 Å². The highest BCUT2D eigenvalue weighted by molar-refractivity contribution is 7.85. The molecule has 2 rings (SSSR count). The van der Waals surface area contributed by atoms with Crippen molar-refractivity contribution in [1.29, 1.82) is 0 Å². The Morgan fingerprint density at radius 3 is 2.73 bits per heavy atom. The van der Waals surface area contributed by atoms with Crippen LogP contribution in [-0.4, -0.2) is 14.7 Å². The number of hydrogen-bond acceptors (Lipinski definition) is 3. The van der Waals surface area contributed by atoms with Crippen LogP contribution in [0.5, 0.6) is 0 Å². The highest BCUT2D eigenvalue weighted by Gasteiger charge is 2.23. The molecule has 15 heavy (non-hydrogen) atoms. The van der Waals surface area contributed by atoms with Gasteiger partial charge in [0, 0.05) is 0 Å². The summed E-state index contributed by atoms with van der Waals surface area (Å²) >= 11 is 0. The Labute approximate surface area is 90.2 Å². The Bertz CT molecular complexity index is 447. The molecule has 1 aliphatic rings. The summed E-state index contributed by atoms with van der Waals surface area (Å²) < 4.78 is 26.4. The first-order chi connectivity index (χ1) is 7.04. The van der Waals surface area contributed by atoms with Crippen LogP contribution in [0.2, 0.25) is 0 Å². The van der Waals surface area contributed by atoms with Gasteiger partial charge in [0.15, 0.2) is 0 Å². The van der Waals surface area contributed by atoms with Crippen molar-refractivity contribution in [2.24, 2.45) is 0 Å². The van der Waals surface area contributed by atoms with Gasteiger partial charge in [0.25, 0.3) is 10.1 Å². The van der Waals surface area contributed by atoms with Gasteiger partial charge in [0.2, 0.25) is 0 Å². The molecule has 3 nitrogen and oxygen atoms in total. The van der Waals surface area contributed by atoms with Crippen molar-refractivity contribution in [2.45, 2.75) is 25.4 Å². The maximum Gasteiger partial charge on any atom is 0.264 e. The van der Waals surface area contributed by atoms with Crippen LogP contribution in [0.15, 0.2) is 24.3 Å². The van der Waals surface area contributed by atoms with E-state index < -0.39 is 10.1 Å². The summed E-state index contributed by atoms with van der Waals surface area (Å²) in [5.74, 6) is 0.684. The van der Waals surface area contributed by atoms with Crippen LogP contribution >= 0.6 is 0 Å². The molecule has 0 amide bonds. The Hall–Kier alpha value is -0.870. The fourth-order valence-corrected chi connectivity index (χ4v) is 1.88. The highest BCUT2D eigenvalue weighted by Crippen LogP contribution is 2.40. The summed E-state index contributed by atoms with van der Waals surface area (Å²) in [6, 6.07) is 7.95. The van der Waals surface area contributed by atoms with E-state index in [0.29, 0.717) is 5.92 Å². The van der Waals surface area contributed by atoms with Crippen LogP contribution in [0.4, 0.5) is 0 Å². The van der Waals surface area contributed by atoms with Crippen LogP contribution in [0.1, 0.15) is 29.9 Å². The van der Waals surface area contributed by atoms with E-state index >= 15 is 0 Å². The van der Waals surface area contributed by atoms with Gasteiger partial charge in [-0.1, -0.05) is 24.3 Å². The Morgan fingerprint density at radius 2 is 2.13 bits per heavy atom. The van der Waals surface area contributed by atoms with Gasteiger partial charge in [-0.2, -0.15) is 8.42 Å². The highest BCUT2D eigenvalue weighted by atomic mass is 32.2. The lowest BCUT2D eigenvalue weighted by molar-refractivity contribution is 0.311. The quantitative estimate of drug-likeness (QED) is 0.738. The molecule has 0 unspecified atom stereocenters. The number of hydrogen-bond donors (Lipinski definition) is 0. The van der Waals surface area contributed by atoms with Gasteiger partial charge < -0.3 is 0 Å². The number of benzene rings is 1. The fraction of sp³-hybridized carbons (Fsp3) is 0.455. The predicted molar refractivity (Wildman–Crippen MR) is 58.0 cm³/mol. The van der Waals surface area contributed by atoms with Gasteiger partial charge in [-0.05, 0) is 29.9 Å². The lowest BCUT2D eigenvalue weighted by atomic mass is 10.1. The molecule has 1 aromatic carbocycles. The van der Waals surface area contributed by atoms with E-state index in [1.807, 2.05) is 18.2 Å². The summed E-state index contributed by atoms with van der Waals surface area (Å²) in [7, 11) is -3.34. The van der Waals surface area contributed by atoms with Crippen LogP contribution in [-0.2, 0) is 20.9 Å². The minimum absolute atomic E-state index is 0.138. The molecule has 0 aromatic heterocycles. The Balaban J connectivity index is 2.05. The fourth-order valence-electron chi connectivity index (χ4n) is 1.53. The first-order valence-electron chi connectivity index (χ1n) is 4.98. The van der Waals surface area contributed by atoms with Crippen molar-refractivity contribution >= 4 is 10.1 Å². The van der Waals surface area contributed by atoms with Crippen LogP contribution < -0.4 is 0 Å². The zero-order valence-corrected chi connectivity index (χ0v) is 9.46. The normalized spacial score (nSPS) is 16.6. The van der Waals surface area contributed by atoms with Gasteiger partial charge >= 0.3 is 0 Å². The lowest BCUT2D eigenvalue weighted by Crippen LogP contribution is -2.02. The first-order valence-corrected chi connectivity index (χ1v) is 6.79. The Kier molecular flexibility index (Phi) is 2.80. The summed E-state index contributed by atoms with van der Waals surface area (Å²) in [5, 5.41) is 0. The van der Waals surface area contributed by atoms with E-state index in [2.05, 4.69) is 6.07 Å². The topological polar surface area (TPSA) is 43.4 Å². The van der Waals surface area contributed by atoms with Gasteiger partial charge in [-0.3, -0.25) is 4.18 Å². The van der Waals surface area contributed by atoms with Gasteiger partial charge in [-0.25, -0.2) is 0 Å². The second kappa shape index (κ2) is 3.94. The van der Waals surface area contributed by atoms with Crippen LogP contribution in [0.3, 0.4) is 0 Å². The number of rotatable bonds is 4.